The number of nitrogens with one attached hydrogen (secondary N) is 2. The van der Waals surface area contributed by atoms with Gasteiger partial charge in [-0.05, 0) is 53.8 Å². The molecule has 0 atom stereocenters. The van der Waals surface area contributed by atoms with Crippen LogP contribution < -0.4 is 4.74 Å². The third kappa shape index (κ3) is 3.02. The lowest BCUT2D eigenvalue weighted by Crippen LogP contribution is -2.01. The lowest BCUT2D eigenvalue weighted by atomic mass is 9.96. The maximum Gasteiger partial charge on any atom is 0.222 e. The summed E-state index contributed by atoms with van der Waals surface area (Å²) >= 11 is 0. The van der Waals surface area contributed by atoms with Crippen LogP contribution in [0.25, 0.3) is 22.4 Å². The van der Waals surface area contributed by atoms with Crippen LogP contribution in [-0.4, -0.2) is 37.7 Å². The number of nitrogens with zero attached hydrogens (tertiary/aromatic N) is 4. The van der Waals surface area contributed by atoms with E-state index in [-0.39, 0.29) is 0 Å². The van der Waals surface area contributed by atoms with E-state index in [1.165, 1.54) is 42.3 Å². The summed E-state index contributed by atoms with van der Waals surface area (Å²) in [5.74, 6) is 1.98. The van der Waals surface area contributed by atoms with Crippen LogP contribution in [0.3, 0.4) is 0 Å². The van der Waals surface area contributed by atoms with Gasteiger partial charge in [0.25, 0.3) is 0 Å². The van der Waals surface area contributed by atoms with Gasteiger partial charge in [0, 0.05) is 34.8 Å². The van der Waals surface area contributed by atoms with Crippen molar-refractivity contribution in [3.8, 4) is 17.3 Å². The molecule has 28 heavy (non-hydrogen) atoms. The molecule has 142 valence electrons. The number of ether oxygens (including phenoxy) is 1. The second-order valence-corrected chi connectivity index (χ2v) is 7.34. The van der Waals surface area contributed by atoms with E-state index in [0.29, 0.717) is 11.7 Å². The van der Waals surface area contributed by atoms with E-state index in [2.05, 4.69) is 43.8 Å². The third-order valence-electron chi connectivity index (χ3n) is 5.65. The first-order valence-corrected chi connectivity index (χ1v) is 9.70. The number of H-pyrrole nitrogens is 2. The molecule has 1 aliphatic carbocycles. The average molecular weight is 374 g/mol. The van der Waals surface area contributed by atoms with Crippen LogP contribution in [0, 0.1) is 0 Å². The van der Waals surface area contributed by atoms with E-state index in [0.717, 1.165) is 29.1 Å². The molecule has 0 amide bonds. The Morgan fingerprint density at radius 2 is 2.04 bits per heavy atom. The van der Waals surface area contributed by atoms with E-state index in [9.17, 15) is 0 Å². The molecule has 0 spiro atoms. The highest BCUT2D eigenvalue weighted by atomic mass is 16.5. The number of tetrazole rings is 1. The van der Waals surface area contributed by atoms with E-state index in [1.807, 2.05) is 18.2 Å². The highest BCUT2D eigenvalue weighted by Crippen LogP contribution is 2.39. The number of hydrogen-bond donors (Lipinski definition) is 2. The minimum atomic E-state index is 0.515. The topological polar surface area (TPSA) is 92.4 Å². The molecule has 7 heteroatoms. The molecule has 0 radical (unpaired) electrons. The number of benzene rings is 1. The Kier molecular flexibility index (Phi) is 4.27. The fourth-order valence-electron chi connectivity index (χ4n) is 4.29. The minimum Gasteiger partial charge on any atom is -0.497 e. The van der Waals surface area contributed by atoms with Gasteiger partial charge in [-0.2, -0.15) is 5.21 Å². The van der Waals surface area contributed by atoms with Crippen molar-refractivity contribution in [2.24, 2.45) is 0 Å². The van der Waals surface area contributed by atoms with Crippen LogP contribution in [0.4, 0.5) is 0 Å². The third-order valence-corrected chi connectivity index (χ3v) is 5.65. The summed E-state index contributed by atoms with van der Waals surface area (Å²) in [6.45, 7) is 0. The second-order valence-electron chi connectivity index (χ2n) is 7.34. The highest BCUT2D eigenvalue weighted by Gasteiger charge is 2.24. The van der Waals surface area contributed by atoms with Crippen molar-refractivity contribution in [3.63, 3.8) is 0 Å². The van der Waals surface area contributed by atoms with Gasteiger partial charge < -0.3 is 9.72 Å². The van der Waals surface area contributed by atoms with Crippen LogP contribution in [0.15, 0.2) is 36.4 Å². The summed E-state index contributed by atoms with van der Waals surface area (Å²) in [5, 5.41) is 15.5. The monoisotopic (exact) mass is 374 g/mol. The van der Waals surface area contributed by atoms with Gasteiger partial charge in [0.05, 0.1) is 7.11 Å². The summed E-state index contributed by atoms with van der Waals surface area (Å²) < 4.78 is 5.42. The average Bonchev–Trinajstić information content (AvgIpc) is 3.49. The number of methoxy groups -OCH3 is 1. The number of pyridine rings is 1. The van der Waals surface area contributed by atoms with Gasteiger partial charge in [0.2, 0.25) is 5.82 Å². The predicted molar refractivity (Wildman–Crippen MR) is 106 cm³/mol. The minimum absolute atomic E-state index is 0.515. The molecule has 1 aromatic carbocycles. The van der Waals surface area contributed by atoms with Gasteiger partial charge >= 0.3 is 0 Å². The number of aromatic amines is 2. The quantitative estimate of drug-likeness (QED) is 0.551. The molecule has 0 aliphatic heterocycles. The van der Waals surface area contributed by atoms with Crippen molar-refractivity contribution >= 4 is 10.9 Å². The zero-order chi connectivity index (χ0) is 18.9. The number of fused-ring (bicyclic) bond motifs is 1. The zero-order valence-corrected chi connectivity index (χ0v) is 15.8. The van der Waals surface area contributed by atoms with Gasteiger partial charge in [-0.1, -0.05) is 18.9 Å². The highest BCUT2D eigenvalue weighted by molar-refractivity contribution is 5.86. The fraction of sp³-hybridized carbons (Fsp3) is 0.333. The summed E-state index contributed by atoms with van der Waals surface area (Å²) in [6, 6.07) is 12.2. The molecule has 7 nitrogen and oxygen atoms in total. The molecule has 0 unspecified atom stereocenters. The molecular formula is C21H22N6O. The maximum absolute atomic E-state index is 5.42. The predicted octanol–water partition coefficient (Wildman–Crippen LogP) is 4.00. The molecule has 1 saturated carbocycles. The number of rotatable bonds is 5. The molecule has 0 saturated heterocycles. The molecule has 4 aromatic rings. The molecule has 1 fully saturated rings. The Bertz CT molecular complexity index is 1100. The molecule has 1 aliphatic rings. The van der Waals surface area contributed by atoms with Gasteiger partial charge in [-0.25, -0.2) is 4.98 Å². The smallest absolute Gasteiger partial charge is 0.222 e. The van der Waals surface area contributed by atoms with Crippen LogP contribution in [-0.2, 0) is 6.42 Å². The lowest BCUT2D eigenvalue weighted by Gasteiger charge is -2.11. The first-order valence-electron chi connectivity index (χ1n) is 9.70. The first-order chi connectivity index (χ1) is 13.8. The molecule has 2 N–H and O–H groups in total. The van der Waals surface area contributed by atoms with Gasteiger partial charge in [-0.15, -0.1) is 10.2 Å². The maximum atomic E-state index is 5.42. The van der Waals surface area contributed by atoms with Gasteiger partial charge in [-0.3, -0.25) is 0 Å². The Labute approximate surface area is 162 Å². The largest absolute Gasteiger partial charge is 0.497 e. The number of aromatic nitrogens is 6. The van der Waals surface area contributed by atoms with Gasteiger partial charge in [0.15, 0.2) is 0 Å². The van der Waals surface area contributed by atoms with E-state index in [4.69, 9.17) is 9.72 Å². The summed E-state index contributed by atoms with van der Waals surface area (Å²) in [6.07, 6.45) is 5.85. The molecule has 0 bridgehead atoms. The fourth-order valence-corrected chi connectivity index (χ4v) is 4.29. The Balaban J connectivity index is 1.57. The van der Waals surface area contributed by atoms with Crippen LogP contribution in [0.5, 0.6) is 5.75 Å². The van der Waals surface area contributed by atoms with Crippen molar-refractivity contribution in [3.05, 3.63) is 53.3 Å². The van der Waals surface area contributed by atoms with Crippen molar-refractivity contribution < 1.29 is 4.74 Å². The second kappa shape index (κ2) is 7.07. The molecule has 3 heterocycles. The van der Waals surface area contributed by atoms with Crippen LogP contribution in [0.2, 0.25) is 0 Å². The molecular weight excluding hydrogens is 352 g/mol. The van der Waals surface area contributed by atoms with Crippen LogP contribution in [0.1, 0.15) is 48.6 Å². The standard InChI is InChI=1S/C21H22N6O/c1-28-15-9-10-16-17(20(23-19(16)12-15)13-5-2-3-6-13)11-14-7-4-8-18(22-14)21-24-26-27-25-21/h4,7-10,12-13,23H,2-3,5-6,11H2,1H3,(H,24,25,26,27). The van der Waals surface area contributed by atoms with Crippen molar-refractivity contribution in [1.82, 2.24) is 30.6 Å². The Morgan fingerprint density at radius 3 is 2.82 bits per heavy atom. The normalized spacial score (nSPS) is 14.8. The SMILES string of the molecule is COc1ccc2c(Cc3cccc(-c4nn[nH]n4)n3)c(C3CCCC3)[nH]c2c1. The van der Waals surface area contributed by atoms with Gasteiger partial charge in [0.1, 0.15) is 11.4 Å². The zero-order valence-electron chi connectivity index (χ0n) is 15.8. The van der Waals surface area contributed by atoms with Crippen molar-refractivity contribution in [1.29, 1.82) is 0 Å². The number of hydrogen-bond acceptors (Lipinski definition) is 5. The summed E-state index contributed by atoms with van der Waals surface area (Å²) in [4.78, 5) is 8.47. The summed E-state index contributed by atoms with van der Waals surface area (Å²) in [5.41, 5.74) is 5.55. The van der Waals surface area contributed by atoms with Crippen molar-refractivity contribution in [2.75, 3.05) is 7.11 Å². The Hall–Kier alpha value is -3.22. The van der Waals surface area contributed by atoms with E-state index < -0.39 is 0 Å². The van der Waals surface area contributed by atoms with E-state index in [1.54, 1.807) is 7.11 Å². The first kappa shape index (κ1) is 16.9. The molecule has 3 aromatic heterocycles. The Morgan fingerprint density at radius 1 is 1.14 bits per heavy atom. The summed E-state index contributed by atoms with van der Waals surface area (Å²) in [7, 11) is 1.70. The lowest BCUT2D eigenvalue weighted by molar-refractivity contribution is 0.415. The molecule has 5 rings (SSSR count). The van der Waals surface area contributed by atoms with Crippen molar-refractivity contribution in [2.45, 2.75) is 38.0 Å². The van der Waals surface area contributed by atoms with E-state index >= 15 is 0 Å². The van der Waals surface area contributed by atoms with Crippen LogP contribution >= 0.6 is 0 Å².